The number of rotatable bonds is 7. The molecule has 0 aliphatic heterocycles. The van der Waals surface area contributed by atoms with Crippen LogP contribution in [-0.4, -0.2) is 16.7 Å². The molecule has 0 amide bonds. The number of hydrogen-bond acceptors (Lipinski definition) is 5. The quantitative estimate of drug-likeness (QED) is 0.821. The van der Waals surface area contributed by atoms with Gasteiger partial charge in [0.15, 0.2) is 0 Å². The van der Waals surface area contributed by atoms with Crippen LogP contribution in [0.5, 0.6) is 0 Å². The Labute approximate surface area is 114 Å². The van der Waals surface area contributed by atoms with Gasteiger partial charge in [-0.15, -0.1) is 0 Å². The number of nitrogens with zero attached hydrogens (tertiary/aromatic N) is 2. The zero-order valence-electron chi connectivity index (χ0n) is 12.0. The lowest BCUT2D eigenvalue weighted by molar-refractivity contribution is -0.0469. The van der Waals surface area contributed by atoms with E-state index in [1.165, 1.54) is 0 Å². The van der Waals surface area contributed by atoms with Gasteiger partial charge >= 0.3 is 0 Å². The largest absolute Gasteiger partial charge is 0.367 e. The second kappa shape index (κ2) is 6.48. The van der Waals surface area contributed by atoms with E-state index in [2.05, 4.69) is 17.1 Å². The van der Waals surface area contributed by atoms with Crippen LogP contribution in [0.1, 0.15) is 76.6 Å². The Morgan fingerprint density at radius 3 is 2.74 bits per heavy atom. The van der Waals surface area contributed by atoms with Crippen molar-refractivity contribution in [2.45, 2.75) is 70.4 Å². The zero-order chi connectivity index (χ0) is 13.7. The molecule has 0 bridgehead atoms. The van der Waals surface area contributed by atoms with Crippen LogP contribution in [0.3, 0.4) is 0 Å². The van der Waals surface area contributed by atoms with Crippen LogP contribution in [0.25, 0.3) is 0 Å². The van der Waals surface area contributed by atoms with Gasteiger partial charge in [0.1, 0.15) is 5.60 Å². The second-order valence-corrected chi connectivity index (χ2v) is 5.34. The van der Waals surface area contributed by atoms with Crippen LogP contribution < -0.4 is 5.73 Å². The van der Waals surface area contributed by atoms with Crippen molar-refractivity contribution in [3.63, 3.8) is 0 Å². The lowest BCUT2D eigenvalue weighted by atomic mass is 10.0. The molecule has 108 valence electrons. The van der Waals surface area contributed by atoms with Gasteiger partial charge in [-0.05, 0) is 39.0 Å². The molecule has 1 saturated carbocycles. The van der Waals surface area contributed by atoms with Gasteiger partial charge in [0.2, 0.25) is 11.7 Å². The molecule has 5 nitrogen and oxygen atoms in total. The highest BCUT2D eigenvalue weighted by Crippen LogP contribution is 2.40. The molecule has 1 aliphatic carbocycles. The minimum absolute atomic E-state index is 0.152. The number of hydrogen-bond donors (Lipinski definition) is 1. The second-order valence-electron chi connectivity index (χ2n) is 5.34. The Hall–Kier alpha value is -0.940. The van der Waals surface area contributed by atoms with Crippen molar-refractivity contribution in [2.24, 2.45) is 5.73 Å². The molecule has 5 heteroatoms. The molecule has 19 heavy (non-hydrogen) atoms. The molecular formula is C14H25N3O2. The van der Waals surface area contributed by atoms with Gasteiger partial charge in [-0.2, -0.15) is 4.98 Å². The lowest BCUT2D eigenvalue weighted by Crippen LogP contribution is -2.28. The average Bonchev–Trinajstić information content (AvgIpc) is 3.05. The summed E-state index contributed by atoms with van der Waals surface area (Å²) >= 11 is 0. The van der Waals surface area contributed by atoms with Crippen molar-refractivity contribution in [1.82, 2.24) is 10.1 Å². The van der Waals surface area contributed by atoms with Crippen molar-refractivity contribution < 1.29 is 9.26 Å². The summed E-state index contributed by atoms with van der Waals surface area (Å²) in [7, 11) is 0. The van der Waals surface area contributed by atoms with E-state index in [0.717, 1.165) is 44.9 Å². The molecule has 1 heterocycles. The SMILES string of the molecule is CCCCC(N)c1nc(C2(OCC)CCCC2)no1. The van der Waals surface area contributed by atoms with Gasteiger partial charge in [-0.3, -0.25) is 0 Å². The summed E-state index contributed by atoms with van der Waals surface area (Å²) in [5.41, 5.74) is 5.74. The van der Waals surface area contributed by atoms with Crippen molar-refractivity contribution in [2.75, 3.05) is 6.61 Å². The Bertz CT molecular complexity index is 386. The summed E-state index contributed by atoms with van der Waals surface area (Å²) in [6.45, 7) is 4.83. The van der Waals surface area contributed by atoms with Crippen molar-refractivity contribution >= 4 is 0 Å². The number of nitrogens with two attached hydrogens (primary N) is 1. The number of ether oxygens (including phenoxy) is 1. The maximum absolute atomic E-state index is 6.07. The normalized spacial score (nSPS) is 19.7. The standard InChI is InChI=1S/C14H25N3O2/c1-3-5-8-11(15)12-16-13(17-19-12)14(18-4-2)9-6-7-10-14/h11H,3-10,15H2,1-2H3. The highest BCUT2D eigenvalue weighted by molar-refractivity contribution is 5.05. The molecule has 0 saturated heterocycles. The van der Waals surface area contributed by atoms with E-state index in [4.69, 9.17) is 15.0 Å². The maximum Gasteiger partial charge on any atom is 0.243 e. The van der Waals surface area contributed by atoms with Crippen LogP contribution in [0.4, 0.5) is 0 Å². The molecular weight excluding hydrogens is 242 g/mol. The van der Waals surface area contributed by atoms with Crippen molar-refractivity contribution in [3.8, 4) is 0 Å². The zero-order valence-corrected chi connectivity index (χ0v) is 12.0. The van der Waals surface area contributed by atoms with Crippen LogP contribution in [-0.2, 0) is 10.3 Å². The summed E-state index contributed by atoms with van der Waals surface area (Å²) in [6.07, 6.45) is 7.36. The van der Waals surface area contributed by atoms with E-state index in [1.54, 1.807) is 0 Å². The van der Waals surface area contributed by atoms with E-state index in [1.807, 2.05) is 6.92 Å². The molecule has 1 aromatic heterocycles. The molecule has 0 spiro atoms. The Morgan fingerprint density at radius 2 is 2.11 bits per heavy atom. The Balaban J connectivity index is 2.10. The topological polar surface area (TPSA) is 74.2 Å². The van der Waals surface area contributed by atoms with Gasteiger partial charge in [0.25, 0.3) is 0 Å². The smallest absolute Gasteiger partial charge is 0.243 e. The van der Waals surface area contributed by atoms with Gasteiger partial charge in [0, 0.05) is 6.61 Å². The van der Waals surface area contributed by atoms with E-state index in [0.29, 0.717) is 18.3 Å². The number of unbranched alkanes of at least 4 members (excludes halogenated alkanes) is 1. The predicted molar refractivity (Wildman–Crippen MR) is 72.5 cm³/mol. The fourth-order valence-electron chi connectivity index (χ4n) is 2.77. The lowest BCUT2D eigenvalue weighted by Gasteiger charge is -2.24. The summed E-state index contributed by atoms with van der Waals surface area (Å²) in [5, 5.41) is 4.13. The van der Waals surface area contributed by atoms with Gasteiger partial charge in [0.05, 0.1) is 6.04 Å². The van der Waals surface area contributed by atoms with Crippen LogP contribution in [0, 0.1) is 0 Å². The molecule has 0 aromatic carbocycles. The van der Waals surface area contributed by atoms with Crippen molar-refractivity contribution in [1.29, 1.82) is 0 Å². The first-order valence-corrected chi connectivity index (χ1v) is 7.45. The van der Waals surface area contributed by atoms with Crippen LogP contribution >= 0.6 is 0 Å². The third kappa shape index (κ3) is 3.15. The highest BCUT2D eigenvalue weighted by atomic mass is 16.5. The first kappa shape index (κ1) is 14.5. The van der Waals surface area contributed by atoms with Crippen LogP contribution in [0.2, 0.25) is 0 Å². The van der Waals surface area contributed by atoms with E-state index < -0.39 is 0 Å². The summed E-state index contributed by atoms with van der Waals surface area (Å²) in [4.78, 5) is 4.51. The molecule has 2 rings (SSSR count). The summed E-state index contributed by atoms with van der Waals surface area (Å²) in [5.74, 6) is 1.24. The fraction of sp³-hybridized carbons (Fsp3) is 0.857. The third-order valence-electron chi connectivity index (χ3n) is 3.87. The van der Waals surface area contributed by atoms with Crippen molar-refractivity contribution in [3.05, 3.63) is 11.7 Å². The first-order valence-electron chi connectivity index (χ1n) is 7.45. The van der Waals surface area contributed by atoms with Gasteiger partial charge < -0.3 is 15.0 Å². The number of aromatic nitrogens is 2. The van der Waals surface area contributed by atoms with Crippen LogP contribution in [0.15, 0.2) is 4.52 Å². The summed E-state index contributed by atoms with van der Waals surface area (Å²) in [6, 6.07) is -0.152. The molecule has 1 atom stereocenters. The minimum atomic E-state index is -0.332. The predicted octanol–water partition coefficient (Wildman–Crippen LogP) is 3.07. The van der Waals surface area contributed by atoms with E-state index >= 15 is 0 Å². The fourth-order valence-corrected chi connectivity index (χ4v) is 2.77. The maximum atomic E-state index is 6.07. The third-order valence-corrected chi connectivity index (χ3v) is 3.87. The summed E-state index contributed by atoms with van der Waals surface area (Å²) < 4.78 is 11.3. The Morgan fingerprint density at radius 1 is 1.37 bits per heavy atom. The molecule has 1 aromatic rings. The van der Waals surface area contributed by atoms with Gasteiger partial charge in [-0.1, -0.05) is 24.9 Å². The molecule has 1 aliphatic rings. The highest BCUT2D eigenvalue weighted by Gasteiger charge is 2.41. The molecule has 1 fully saturated rings. The van der Waals surface area contributed by atoms with E-state index in [-0.39, 0.29) is 11.6 Å². The van der Waals surface area contributed by atoms with E-state index in [9.17, 15) is 0 Å². The molecule has 0 radical (unpaired) electrons. The first-order chi connectivity index (χ1) is 9.22. The average molecular weight is 267 g/mol. The monoisotopic (exact) mass is 267 g/mol. The minimum Gasteiger partial charge on any atom is -0.367 e. The molecule has 2 N–H and O–H groups in total. The Kier molecular flexibility index (Phi) is 4.93. The van der Waals surface area contributed by atoms with Gasteiger partial charge in [-0.25, -0.2) is 0 Å². The molecule has 1 unspecified atom stereocenters.